The van der Waals surface area contributed by atoms with Gasteiger partial charge in [0.25, 0.3) is 5.91 Å². The van der Waals surface area contributed by atoms with Gasteiger partial charge in [-0.05, 0) is 37.1 Å². The van der Waals surface area contributed by atoms with E-state index >= 15 is 0 Å². The van der Waals surface area contributed by atoms with Crippen LogP contribution < -0.4 is 21.6 Å². The number of anilines is 2. The average Bonchev–Trinajstić information content (AvgIpc) is 2.72. The lowest BCUT2D eigenvalue weighted by Gasteiger charge is -2.34. The molecule has 1 aromatic heterocycles. The van der Waals surface area contributed by atoms with Crippen molar-refractivity contribution in [3.05, 3.63) is 51.5 Å². The summed E-state index contributed by atoms with van der Waals surface area (Å²) in [4.78, 5) is 44.2. The summed E-state index contributed by atoms with van der Waals surface area (Å²) >= 11 is 6.25. The zero-order valence-electron chi connectivity index (χ0n) is 16.2. The minimum atomic E-state index is -0.703. The smallest absolute Gasteiger partial charge is 0.346 e. The molecule has 1 saturated carbocycles. The van der Waals surface area contributed by atoms with Crippen LogP contribution in [0.25, 0.3) is 0 Å². The molecule has 2 aromatic rings. The van der Waals surface area contributed by atoms with Gasteiger partial charge in [0.2, 0.25) is 5.91 Å². The summed E-state index contributed by atoms with van der Waals surface area (Å²) in [5.41, 5.74) is 5.41. The Labute approximate surface area is 173 Å². The fraction of sp³-hybridized carbons (Fsp3) is 0.400. The van der Waals surface area contributed by atoms with E-state index in [1.54, 1.807) is 36.2 Å². The number of carbonyl (C=O) groups excluding carboxylic acids is 2. The Morgan fingerprint density at radius 1 is 1.28 bits per heavy atom. The second-order valence-electron chi connectivity index (χ2n) is 7.37. The molecule has 0 bridgehead atoms. The summed E-state index contributed by atoms with van der Waals surface area (Å²) in [5, 5.41) is 3.13. The molecule has 0 atom stereocenters. The average molecular weight is 418 g/mol. The van der Waals surface area contributed by atoms with Crippen LogP contribution in [0.15, 0.2) is 35.3 Å². The molecule has 0 unspecified atom stereocenters. The molecule has 1 aromatic carbocycles. The minimum absolute atomic E-state index is 0.190. The zero-order valence-corrected chi connectivity index (χ0v) is 17.0. The number of rotatable bonds is 6. The Morgan fingerprint density at radius 2 is 2.00 bits per heavy atom. The highest BCUT2D eigenvalue weighted by atomic mass is 35.5. The molecule has 1 fully saturated rings. The lowest BCUT2D eigenvalue weighted by molar-refractivity contribution is -0.129. The minimum Gasteiger partial charge on any atom is -0.369 e. The zero-order chi connectivity index (χ0) is 21.0. The van der Waals surface area contributed by atoms with E-state index in [1.165, 1.54) is 6.20 Å². The number of aromatic amines is 1. The maximum absolute atomic E-state index is 12.8. The molecule has 0 saturated heterocycles. The van der Waals surface area contributed by atoms with Crippen molar-refractivity contribution in [2.75, 3.05) is 18.5 Å². The van der Waals surface area contributed by atoms with E-state index < -0.39 is 11.1 Å². The number of nitrogens with two attached hydrogens (primary N) is 1. The van der Waals surface area contributed by atoms with Gasteiger partial charge < -0.3 is 16.0 Å². The predicted molar refractivity (Wildman–Crippen MR) is 111 cm³/mol. The van der Waals surface area contributed by atoms with Crippen LogP contribution in [-0.2, 0) is 4.79 Å². The molecule has 29 heavy (non-hydrogen) atoms. The molecular weight excluding hydrogens is 394 g/mol. The quantitative estimate of drug-likeness (QED) is 0.666. The number of aromatic nitrogens is 2. The molecule has 9 heteroatoms. The van der Waals surface area contributed by atoms with Crippen molar-refractivity contribution in [2.45, 2.75) is 32.1 Å². The van der Waals surface area contributed by atoms with E-state index in [0.717, 1.165) is 19.3 Å². The van der Waals surface area contributed by atoms with E-state index in [-0.39, 0.29) is 23.9 Å². The molecule has 8 nitrogen and oxygen atoms in total. The Morgan fingerprint density at radius 3 is 2.66 bits per heavy atom. The van der Waals surface area contributed by atoms with Gasteiger partial charge in [-0.1, -0.05) is 30.9 Å². The van der Waals surface area contributed by atoms with Crippen molar-refractivity contribution in [3.63, 3.8) is 0 Å². The number of carbonyl (C=O) groups is 2. The lowest BCUT2D eigenvalue weighted by atomic mass is 9.73. The van der Waals surface area contributed by atoms with Crippen LogP contribution in [-0.4, -0.2) is 35.4 Å². The fourth-order valence-electron chi connectivity index (χ4n) is 3.67. The molecule has 1 heterocycles. The van der Waals surface area contributed by atoms with Crippen LogP contribution in [0.5, 0.6) is 0 Å². The summed E-state index contributed by atoms with van der Waals surface area (Å²) in [6.07, 6.45) is 5.67. The normalized spacial score (nSPS) is 15.5. The topological polar surface area (TPSA) is 121 Å². The van der Waals surface area contributed by atoms with Gasteiger partial charge in [0.15, 0.2) is 0 Å². The number of hydrogen-bond donors (Lipinski definition) is 3. The van der Waals surface area contributed by atoms with Gasteiger partial charge in [-0.2, -0.15) is 0 Å². The first-order valence-electron chi connectivity index (χ1n) is 9.49. The number of hydrogen-bond acceptors (Lipinski definition) is 5. The molecule has 0 spiro atoms. The van der Waals surface area contributed by atoms with Crippen molar-refractivity contribution in [1.29, 1.82) is 0 Å². The van der Waals surface area contributed by atoms with Crippen LogP contribution in [0.3, 0.4) is 0 Å². The molecule has 0 radical (unpaired) electrons. The number of benzene rings is 1. The van der Waals surface area contributed by atoms with Crippen LogP contribution in [0, 0.1) is 5.41 Å². The first-order chi connectivity index (χ1) is 13.8. The first kappa shape index (κ1) is 20.9. The molecule has 2 amide bonds. The van der Waals surface area contributed by atoms with Crippen molar-refractivity contribution < 1.29 is 9.59 Å². The Kier molecular flexibility index (Phi) is 6.22. The van der Waals surface area contributed by atoms with E-state index in [0.29, 0.717) is 29.4 Å². The molecule has 3 rings (SSSR count). The Bertz CT molecular complexity index is 969. The summed E-state index contributed by atoms with van der Waals surface area (Å²) in [5.74, 6) is -0.230. The summed E-state index contributed by atoms with van der Waals surface area (Å²) in [6.45, 7) is 0.190. The van der Waals surface area contributed by atoms with Crippen molar-refractivity contribution in [2.24, 2.45) is 11.1 Å². The standard InChI is InChI=1S/C20H24ClN5O3/c1-26(16-7-10-23-19(29)25-16)13-5-6-15(21)14(11-13)17(27)24-12-20(18(22)28)8-3-2-4-9-20/h5-7,10-11H,2-4,8-9,12H2,1H3,(H2,22,28)(H,24,27)(H,23,25,29). The third-order valence-electron chi connectivity index (χ3n) is 5.52. The van der Waals surface area contributed by atoms with Gasteiger partial charge in [-0.3, -0.25) is 14.6 Å². The van der Waals surface area contributed by atoms with Crippen molar-refractivity contribution in [3.8, 4) is 0 Å². The van der Waals surface area contributed by atoms with Gasteiger partial charge in [0.1, 0.15) is 5.82 Å². The summed E-state index contributed by atoms with van der Waals surface area (Å²) in [7, 11) is 1.75. The van der Waals surface area contributed by atoms with Crippen molar-refractivity contribution in [1.82, 2.24) is 15.3 Å². The number of H-pyrrole nitrogens is 1. The maximum atomic E-state index is 12.8. The lowest BCUT2D eigenvalue weighted by Crippen LogP contribution is -2.47. The monoisotopic (exact) mass is 417 g/mol. The summed E-state index contributed by atoms with van der Waals surface area (Å²) in [6, 6.07) is 6.64. The third-order valence-corrected chi connectivity index (χ3v) is 5.85. The van der Waals surface area contributed by atoms with E-state index in [2.05, 4.69) is 15.3 Å². The third kappa shape index (κ3) is 4.59. The molecule has 4 N–H and O–H groups in total. The van der Waals surface area contributed by atoms with Gasteiger partial charge in [0.05, 0.1) is 16.0 Å². The first-order valence-corrected chi connectivity index (χ1v) is 9.87. The highest BCUT2D eigenvalue weighted by Crippen LogP contribution is 2.35. The van der Waals surface area contributed by atoms with Gasteiger partial charge in [0, 0.05) is 25.5 Å². The predicted octanol–water partition coefficient (Wildman–Crippen LogP) is 2.36. The fourth-order valence-corrected chi connectivity index (χ4v) is 3.88. The molecule has 1 aliphatic carbocycles. The van der Waals surface area contributed by atoms with E-state index in [4.69, 9.17) is 17.3 Å². The van der Waals surface area contributed by atoms with E-state index in [9.17, 15) is 14.4 Å². The molecular formula is C20H24ClN5O3. The highest BCUT2D eigenvalue weighted by Gasteiger charge is 2.38. The second-order valence-corrected chi connectivity index (χ2v) is 7.78. The Balaban J connectivity index is 1.79. The van der Waals surface area contributed by atoms with Crippen LogP contribution in [0.2, 0.25) is 5.02 Å². The summed E-state index contributed by atoms with van der Waals surface area (Å²) < 4.78 is 0. The molecule has 154 valence electrons. The van der Waals surface area contributed by atoms with Gasteiger partial charge in [-0.25, -0.2) is 9.78 Å². The number of halogens is 1. The van der Waals surface area contributed by atoms with Crippen LogP contribution >= 0.6 is 11.6 Å². The number of primary amides is 1. The Hall–Kier alpha value is -2.87. The number of amides is 2. The number of nitrogens with zero attached hydrogens (tertiary/aromatic N) is 2. The van der Waals surface area contributed by atoms with Gasteiger partial charge >= 0.3 is 5.69 Å². The molecule has 1 aliphatic rings. The van der Waals surface area contributed by atoms with Crippen molar-refractivity contribution >= 4 is 34.9 Å². The highest BCUT2D eigenvalue weighted by molar-refractivity contribution is 6.34. The second kappa shape index (κ2) is 8.65. The van der Waals surface area contributed by atoms with Gasteiger partial charge in [-0.15, -0.1) is 0 Å². The molecule has 0 aliphatic heterocycles. The number of nitrogens with one attached hydrogen (secondary N) is 2. The maximum Gasteiger partial charge on any atom is 0.346 e. The largest absolute Gasteiger partial charge is 0.369 e. The SMILES string of the molecule is CN(c1ccc(Cl)c(C(=O)NCC2(C(N)=O)CCCCC2)c1)c1ccnc(=O)[nH]1. The van der Waals surface area contributed by atoms with Crippen LogP contribution in [0.1, 0.15) is 42.5 Å². The van der Waals surface area contributed by atoms with Crippen LogP contribution in [0.4, 0.5) is 11.5 Å². The van der Waals surface area contributed by atoms with E-state index in [1.807, 2.05) is 0 Å².